The Morgan fingerprint density at radius 3 is 2.17 bits per heavy atom. The molecule has 2 atom stereocenters. The van der Waals surface area contributed by atoms with Crippen molar-refractivity contribution in [2.75, 3.05) is 14.2 Å². The second kappa shape index (κ2) is 7.87. The SMILES string of the molecule is COc1ccc(C(CC#N)C(C#N)c2ccccc2)cc1OC. The Morgan fingerprint density at radius 2 is 1.61 bits per heavy atom. The average molecular weight is 306 g/mol. The van der Waals surface area contributed by atoms with Crippen molar-refractivity contribution >= 4 is 0 Å². The van der Waals surface area contributed by atoms with Crippen LogP contribution < -0.4 is 9.47 Å². The van der Waals surface area contributed by atoms with Crippen LogP contribution in [0.5, 0.6) is 11.5 Å². The van der Waals surface area contributed by atoms with Crippen molar-refractivity contribution < 1.29 is 9.47 Å². The van der Waals surface area contributed by atoms with Crippen molar-refractivity contribution in [1.82, 2.24) is 0 Å². The van der Waals surface area contributed by atoms with Gasteiger partial charge in [0.1, 0.15) is 0 Å². The number of benzene rings is 2. The van der Waals surface area contributed by atoms with E-state index in [9.17, 15) is 10.5 Å². The van der Waals surface area contributed by atoms with Gasteiger partial charge in [-0.25, -0.2) is 0 Å². The van der Waals surface area contributed by atoms with Crippen LogP contribution in [-0.2, 0) is 0 Å². The molecule has 23 heavy (non-hydrogen) atoms. The van der Waals surface area contributed by atoms with E-state index in [1.807, 2.05) is 42.5 Å². The van der Waals surface area contributed by atoms with Gasteiger partial charge in [0.15, 0.2) is 11.5 Å². The van der Waals surface area contributed by atoms with Crippen molar-refractivity contribution in [3.8, 4) is 23.6 Å². The highest BCUT2D eigenvalue weighted by Crippen LogP contribution is 2.38. The molecule has 0 aliphatic rings. The molecule has 0 radical (unpaired) electrons. The van der Waals surface area contributed by atoms with Gasteiger partial charge in [-0.3, -0.25) is 0 Å². The summed E-state index contributed by atoms with van der Waals surface area (Å²) in [6.45, 7) is 0. The third-order valence-corrected chi connectivity index (χ3v) is 3.85. The van der Waals surface area contributed by atoms with Gasteiger partial charge in [-0.2, -0.15) is 10.5 Å². The van der Waals surface area contributed by atoms with Crippen LogP contribution in [0.15, 0.2) is 48.5 Å². The predicted octanol–water partition coefficient (Wildman–Crippen LogP) is 4.01. The smallest absolute Gasteiger partial charge is 0.160 e. The maximum atomic E-state index is 9.65. The molecule has 0 spiro atoms. The number of nitriles is 2. The molecule has 4 heteroatoms. The molecule has 0 bridgehead atoms. The summed E-state index contributed by atoms with van der Waals surface area (Å²) in [7, 11) is 3.15. The number of ether oxygens (including phenoxy) is 2. The van der Waals surface area contributed by atoms with Crippen LogP contribution in [0.1, 0.15) is 29.4 Å². The monoisotopic (exact) mass is 306 g/mol. The van der Waals surface area contributed by atoms with Gasteiger partial charge < -0.3 is 9.47 Å². The minimum atomic E-state index is -0.394. The summed E-state index contributed by atoms with van der Waals surface area (Å²) in [5.41, 5.74) is 1.80. The van der Waals surface area contributed by atoms with Crippen molar-refractivity contribution in [3.05, 3.63) is 59.7 Å². The van der Waals surface area contributed by atoms with Gasteiger partial charge in [0.2, 0.25) is 0 Å². The van der Waals surface area contributed by atoms with E-state index < -0.39 is 5.92 Å². The molecule has 2 unspecified atom stereocenters. The highest BCUT2D eigenvalue weighted by atomic mass is 16.5. The van der Waals surface area contributed by atoms with Crippen molar-refractivity contribution in [2.45, 2.75) is 18.3 Å². The number of hydrogen-bond donors (Lipinski definition) is 0. The highest BCUT2D eigenvalue weighted by molar-refractivity contribution is 5.45. The molecule has 116 valence electrons. The molecule has 0 N–H and O–H groups in total. The molecule has 0 saturated heterocycles. The summed E-state index contributed by atoms with van der Waals surface area (Å²) < 4.78 is 10.6. The molecule has 0 amide bonds. The molecule has 0 aliphatic heterocycles. The molecular weight excluding hydrogens is 288 g/mol. The van der Waals surface area contributed by atoms with Gasteiger partial charge in [-0.05, 0) is 23.3 Å². The molecule has 4 nitrogen and oxygen atoms in total. The molecular formula is C19H18N2O2. The molecule has 0 heterocycles. The first kappa shape index (κ1) is 16.4. The van der Waals surface area contributed by atoms with E-state index in [1.165, 1.54) is 0 Å². The zero-order valence-corrected chi connectivity index (χ0v) is 13.2. The third-order valence-electron chi connectivity index (χ3n) is 3.85. The zero-order chi connectivity index (χ0) is 16.7. The van der Waals surface area contributed by atoms with E-state index >= 15 is 0 Å². The van der Waals surface area contributed by atoms with E-state index in [-0.39, 0.29) is 12.3 Å². The van der Waals surface area contributed by atoms with E-state index in [2.05, 4.69) is 12.1 Å². The van der Waals surface area contributed by atoms with Gasteiger partial charge >= 0.3 is 0 Å². The lowest BCUT2D eigenvalue weighted by atomic mass is 9.80. The molecule has 2 aromatic carbocycles. The molecule has 0 aromatic heterocycles. The average Bonchev–Trinajstić information content (AvgIpc) is 2.62. The number of rotatable bonds is 6. The Labute approximate surface area is 136 Å². The van der Waals surface area contributed by atoms with Gasteiger partial charge in [0.05, 0.1) is 32.3 Å². The van der Waals surface area contributed by atoms with Crippen LogP contribution in [0.2, 0.25) is 0 Å². The van der Waals surface area contributed by atoms with E-state index in [0.29, 0.717) is 11.5 Å². The fourth-order valence-electron chi connectivity index (χ4n) is 2.67. The quantitative estimate of drug-likeness (QED) is 0.808. The number of hydrogen-bond acceptors (Lipinski definition) is 4. The predicted molar refractivity (Wildman–Crippen MR) is 87.3 cm³/mol. The van der Waals surface area contributed by atoms with E-state index in [4.69, 9.17) is 9.47 Å². The largest absolute Gasteiger partial charge is 0.493 e. The van der Waals surface area contributed by atoms with Crippen molar-refractivity contribution in [2.24, 2.45) is 0 Å². The maximum Gasteiger partial charge on any atom is 0.160 e. The summed E-state index contributed by atoms with van der Waals surface area (Å²) in [4.78, 5) is 0. The van der Waals surface area contributed by atoms with Gasteiger partial charge in [0, 0.05) is 12.3 Å². The first-order valence-electron chi connectivity index (χ1n) is 7.28. The lowest BCUT2D eigenvalue weighted by molar-refractivity contribution is 0.354. The van der Waals surface area contributed by atoms with Crippen molar-refractivity contribution in [1.29, 1.82) is 10.5 Å². The summed E-state index contributed by atoms with van der Waals surface area (Å²) in [5.74, 6) is 0.596. The first-order valence-corrected chi connectivity index (χ1v) is 7.28. The zero-order valence-electron chi connectivity index (χ0n) is 13.2. The highest BCUT2D eigenvalue weighted by Gasteiger charge is 2.25. The topological polar surface area (TPSA) is 66.0 Å². The Balaban J connectivity index is 2.46. The van der Waals surface area contributed by atoms with E-state index in [0.717, 1.165) is 11.1 Å². The summed E-state index contributed by atoms with van der Waals surface area (Å²) in [6, 6.07) is 19.6. The molecule has 0 saturated carbocycles. The third kappa shape index (κ3) is 3.62. The molecule has 2 rings (SSSR count). The second-order valence-electron chi connectivity index (χ2n) is 5.10. The lowest BCUT2D eigenvalue weighted by Crippen LogP contribution is -2.10. The van der Waals surface area contributed by atoms with Gasteiger partial charge in [-0.15, -0.1) is 0 Å². The van der Waals surface area contributed by atoms with Gasteiger partial charge in [0.25, 0.3) is 0 Å². The molecule has 2 aromatic rings. The minimum Gasteiger partial charge on any atom is -0.493 e. The van der Waals surface area contributed by atoms with Crippen LogP contribution in [0.3, 0.4) is 0 Å². The van der Waals surface area contributed by atoms with Crippen LogP contribution >= 0.6 is 0 Å². The van der Waals surface area contributed by atoms with E-state index in [1.54, 1.807) is 20.3 Å². The summed E-state index contributed by atoms with van der Waals surface area (Å²) in [6.07, 6.45) is 0.253. The van der Waals surface area contributed by atoms with Gasteiger partial charge in [-0.1, -0.05) is 36.4 Å². The Kier molecular flexibility index (Phi) is 5.61. The normalized spacial score (nSPS) is 12.5. The Bertz CT molecular complexity index is 729. The van der Waals surface area contributed by atoms with Crippen LogP contribution in [0, 0.1) is 22.7 Å². The maximum absolute atomic E-state index is 9.65. The fourth-order valence-corrected chi connectivity index (χ4v) is 2.67. The number of nitrogens with zero attached hydrogens (tertiary/aromatic N) is 2. The number of methoxy groups -OCH3 is 2. The van der Waals surface area contributed by atoms with Crippen LogP contribution in [0.4, 0.5) is 0 Å². The standard InChI is InChI=1S/C19H18N2O2/c1-22-18-9-8-15(12-19(18)23-2)16(10-11-20)17(13-21)14-6-4-3-5-7-14/h3-9,12,16-17H,10H2,1-2H3. The lowest BCUT2D eigenvalue weighted by Gasteiger charge is -2.21. The summed E-state index contributed by atoms with van der Waals surface area (Å²) >= 11 is 0. The first-order chi connectivity index (χ1) is 11.2. The minimum absolute atomic E-state index is 0.229. The summed E-state index contributed by atoms with van der Waals surface area (Å²) in [5, 5.41) is 18.9. The van der Waals surface area contributed by atoms with Crippen LogP contribution in [0.25, 0.3) is 0 Å². The molecule has 0 fully saturated rings. The van der Waals surface area contributed by atoms with Crippen molar-refractivity contribution in [3.63, 3.8) is 0 Å². The fraction of sp³-hybridized carbons (Fsp3) is 0.263. The van der Waals surface area contributed by atoms with Crippen LogP contribution in [-0.4, -0.2) is 14.2 Å². The molecule has 0 aliphatic carbocycles. The Morgan fingerprint density at radius 1 is 0.913 bits per heavy atom. The Hall–Kier alpha value is -2.98. The second-order valence-corrected chi connectivity index (χ2v) is 5.10.